The summed E-state index contributed by atoms with van der Waals surface area (Å²) in [5.74, 6) is -0.668. The molecule has 2 aromatic rings. The van der Waals surface area contributed by atoms with E-state index in [0.717, 1.165) is 22.4 Å². The second kappa shape index (κ2) is 7.49. The maximum atomic E-state index is 12.7. The Bertz CT molecular complexity index is 774. The molecule has 1 heterocycles. The molecule has 1 amide bonds. The molecule has 0 bridgehead atoms. The Hall–Kier alpha value is -2.66. The molecule has 1 aliphatic heterocycles. The van der Waals surface area contributed by atoms with Crippen LogP contribution in [-0.2, 0) is 20.7 Å². The SMILES string of the molecule is CCOC(=O)CN1C(=O)C(N)CCc2ccc(-c3ccccc3)cc21. The zero-order chi connectivity index (χ0) is 17.8. The maximum Gasteiger partial charge on any atom is 0.326 e. The van der Waals surface area contributed by atoms with Gasteiger partial charge in [0.15, 0.2) is 0 Å². The number of carbonyl (C=O) groups is 2. The molecule has 2 aromatic carbocycles. The van der Waals surface area contributed by atoms with Crippen LogP contribution in [0.2, 0.25) is 0 Å². The number of benzene rings is 2. The minimum atomic E-state index is -0.609. The standard InChI is InChI=1S/C20H22N2O3/c1-2-25-19(23)13-22-18-12-16(14-6-4-3-5-7-14)9-8-15(18)10-11-17(21)20(22)24/h3-9,12,17H,2,10-11,13,21H2,1H3. The second-order valence-electron chi connectivity index (χ2n) is 6.08. The number of rotatable bonds is 4. The molecule has 3 rings (SSSR count). The molecule has 130 valence electrons. The van der Waals surface area contributed by atoms with Gasteiger partial charge in [-0.25, -0.2) is 0 Å². The Labute approximate surface area is 147 Å². The minimum absolute atomic E-state index is 0.119. The van der Waals surface area contributed by atoms with Crippen LogP contribution in [0.25, 0.3) is 11.1 Å². The van der Waals surface area contributed by atoms with Gasteiger partial charge in [0.05, 0.1) is 12.6 Å². The molecule has 5 nitrogen and oxygen atoms in total. The maximum absolute atomic E-state index is 12.7. The van der Waals surface area contributed by atoms with E-state index in [9.17, 15) is 9.59 Å². The van der Waals surface area contributed by atoms with Crippen molar-refractivity contribution in [1.82, 2.24) is 0 Å². The van der Waals surface area contributed by atoms with E-state index in [-0.39, 0.29) is 19.1 Å². The number of hydrogen-bond acceptors (Lipinski definition) is 4. The van der Waals surface area contributed by atoms with Gasteiger partial charge in [0.2, 0.25) is 5.91 Å². The largest absolute Gasteiger partial charge is 0.465 e. The number of amides is 1. The number of hydrogen-bond donors (Lipinski definition) is 1. The van der Waals surface area contributed by atoms with Crippen molar-refractivity contribution in [2.45, 2.75) is 25.8 Å². The summed E-state index contributed by atoms with van der Waals surface area (Å²) in [4.78, 5) is 26.1. The van der Waals surface area contributed by atoms with Gasteiger partial charge in [-0.15, -0.1) is 0 Å². The number of anilines is 1. The number of ether oxygens (including phenoxy) is 1. The molecule has 1 aliphatic rings. The van der Waals surface area contributed by atoms with Crippen molar-refractivity contribution in [3.8, 4) is 11.1 Å². The molecule has 0 aliphatic carbocycles. The van der Waals surface area contributed by atoms with E-state index in [4.69, 9.17) is 10.5 Å². The third-order valence-corrected chi connectivity index (χ3v) is 4.38. The van der Waals surface area contributed by atoms with Crippen molar-refractivity contribution in [2.75, 3.05) is 18.1 Å². The summed E-state index contributed by atoms with van der Waals surface area (Å²) in [5.41, 5.74) is 9.82. The van der Waals surface area contributed by atoms with Gasteiger partial charge in [-0.3, -0.25) is 14.5 Å². The van der Waals surface area contributed by atoms with Crippen molar-refractivity contribution < 1.29 is 14.3 Å². The van der Waals surface area contributed by atoms with Gasteiger partial charge in [0.25, 0.3) is 0 Å². The Morgan fingerprint density at radius 2 is 1.96 bits per heavy atom. The van der Waals surface area contributed by atoms with Crippen LogP contribution in [0.3, 0.4) is 0 Å². The Kier molecular flexibility index (Phi) is 5.14. The molecule has 5 heteroatoms. The van der Waals surface area contributed by atoms with Crippen LogP contribution in [0.1, 0.15) is 18.9 Å². The Balaban J connectivity index is 2.02. The van der Waals surface area contributed by atoms with Gasteiger partial charge in [-0.05, 0) is 42.5 Å². The first kappa shape index (κ1) is 17.2. The van der Waals surface area contributed by atoms with Gasteiger partial charge >= 0.3 is 5.97 Å². The van der Waals surface area contributed by atoms with E-state index in [1.165, 1.54) is 4.90 Å². The molecule has 0 radical (unpaired) electrons. The summed E-state index contributed by atoms with van der Waals surface area (Å²) in [7, 11) is 0. The molecule has 25 heavy (non-hydrogen) atoms. The predicted octanol–water partition coefficient (Wildman–Crippen LogP) is 2.52. The van der Waals surface area contributed by atoms with E-state index in [0.29, 0.717) is 12.8 Å². The molecule has 2 N–H and O–H groups in total. The molecular weight excluding hydrogens is 316 g/mol. The van der Waals surface area contributed by atoms with E-state index >= 15 is 0 Å². The summed E-state index contributed by atoms with van der Waals surface area (Å²) >= 11 is 0. The van der Waals surface area contributed by atoms with E-state index in [2.05, 4.69) is 0 Å². The van der Waals surface area contributed by atoms with Gasteiger partial charge in [-0.1, -0.05) is 42.5 Å². The van der Waals surface area contributed by atoms with Gasteiger partial charge in [0.1, 0.15) is 6.54 Å². The van der Waals surface area contributed by atoms with Crippen molar-refractivity contribution in [3.63, 3.8) is 0 Å². The molecule has 0 saturated heterocycles. The Morgan fingerprint density at radius 1 is 1.20 bits per heavy atom. The normalized spacial score (nSPS) is 17.0. The lowest BCUT2D eigenvalue weighted by molar-refractivity contribution is -0.142. The topological polar surface area (TPSA) is 72.6 Å². The lowest BCUT2D eigenvalue weighted by Gasteiger charge is -2.24. The van der Waals surface area contributed by atoms with Crippen LogP contribution in [0.15, 0.2) is 48.5 Å². The number of carbonyl (C=O) groups excluding carboxylic acids is 2. The number of esters is 1. The van der Waals surface area contributed by atoms with Crippen LogP contribution in [0, 0.1) is 0 Å². The Morgan fingerprint density at radius 3 is 2.68 bits per heavy atom. The van der Waals surface area contributed by atoms with Crippen molar-refractivity contribution in [1.29, 1.82) is 0 Å². The minimum Gasteiger partial charge on any atom is -0.465 e. The molecule has 0 fully saturated rings. The lowest BCUT2D eigenvalue weighted by atomic mass is 10.00. The first-order valence-electron chi connectivity index (χ1n) is 8.51. The van der Waals surface area contributed by atoms with E-state index in [1.807, 2.05) is 48.5 Å². The predicted molar refractivity (Wildman–Crippen MR) is 97.2 cm³/mol. The van der Waals surface area contributed by atoms with Crippen LogP contribution in [-0.4, -0.2) is 31.1 Å². The number of nitrogens with two attached hydrogens (primary N) is 1. The van der Waals surface area contributed by atoms with Crippen molar-refractivity contribution >= 4 is 17.6 Å². The van der Waals surface area contributed by atoms with Crippen LogP contribution < -0.4 is 10.6 Å². The fourth-order valence-corrected chi connectivity index (χ4v) is 3.09. The average molecular weight is 338 g/mol. The highest BCUT2D eigenvalue weighted by Crippen LogP contribution is 2.31. The number of nitrogens with zero attached hydrogens (tertiary/aromatic N) is 1. The monoisotopic (exact) mass is 338 g/mol. The highest BCUT2D eigenvalue weighted by molar-refractivity contribution is 6.02. The summed E-state index contributed by atoms with van der Waals surface area (Å²) < 4.78 is 5.03. The first-order chi connectivity index (χ1) is 12.1. The van der Waals surface area contributed by atoms with Crippen LogP contribution in [0.5, 0.6) is 0 Å². The van der Waals surface area contributed by atoms with Gasteiger partial charge in [0, 0.05) is 5.69 Å². The van der Waals surface area contributed by atoms with E-state index in [1.54, 1.807) is 6.92 Å². The fraction of sp³-hybridized carbons (Fsp3) is 0.300. The zero-order valence-electron chi connectivity index (χ0n) is 14.3. The average Bonchev–Trinajstić information content (AvgIpc) is 2.74. The first-order valence-corrected chi connectivity index (χ1v) is 8.51. The quantitative estimate of drug-likeness (QED) is 0.870. The molecule has 0 spiro atoms. The molecule has 0 aromatic heterocycles. The van der Waals surface area contributed by atoms with Crippen molar-refractivity contribution in [3.05, 3.63) is 54.1 Å². The lowest BCUT2D eigenvalue weighted by Crippen LogP contribution is -2.45. The third kappa shape index (κ3) is 3.72. The molecule has 0 saturated carbocycles. The summed E-state index contributed by atoms with van der Waals surface area (Å²) in [6, 6.07) is 15.3. The molecule has 1 atom stereocenters. The smallest absolute Gasteiger partial charge is 0.326 e. The van der Waals surface area contributed by atoms with Gasteiger partial charge in [-0.2, -0.15) is 0 Å². The zero-order valence-corrected chi connectivity index (χ0v) is 14.3. The molecule has 1 unspecified atom stereocenters. The second-order valence-corrected chi connectivity index (χ2v) is 6.08. The van der Waals surface area contributed by atoms with Gasteiger partial charge < -0.3 is 10.5 Å². The van der Waals surface area contributed by atoms with Crippen LogP contribution >= 0.6 is 0 Å². The molecular formula is C20H22N2O3. The highest BCUT2D eigenvalue weighted by Gasteiger charge is 2.30. The summed E-state index contributed by atoms with van der Waals surface area (Å²) in [6.45, 7) is 1.91. The summed E-state index contributed by atoms with van der Waals surface area (Å²) in [5, 5.41) is 0. The van der Waals surface area contributed by atoms with Crippen LogP contribution in [0.4, 0.5) is 5.69 Å². The third-order valence-electron chi connectivity index (χ3n) is 4.38. The van der Waals surface area contributed by atoms with Crippen molar-refractivity contribution in [2.24, 2.45) is 5.73 Å². The fourth-order valence-electron chi connectivity index (χ4n) is 3.09. The van der Waals surface area contributed by atoms with E-state index < -0.39 is 12.0 Å². The highest BCUT2D eigenvalue weighted by atomic mass is 16.5. The summed E-state index contributed by atoms with van der Waals surface area (Å²) in [6.07, 6.45) is 1.27. The number of aryl methyl sites for hydroxylation is 1. The number of fused-ring (bicyclic) bond motifs is 1.